The van der Waals surface area contributed by atoms with E-state index in [-0.39, 0.29) is 31.4 Å². The van der Waals surface area contributed by atoms with Crippen LogP contribution in [0, 0.1) is 5.92 Å². The number of hydrogen-bond acceptors (Lipinski definition) is 6. The molecule has 0 N–H and O–H groups in total. The highest BCUT2D eigenvalue weighted by molar-refractivity contribution is 6.38. The van der Waals surface area contributed by atoms with Gasteiger partial charge in [0.15, 0.2) is 0 Å². The van der Waals surface area contributed by atoms with Crippen molar-refractivity contribution in [3.8, 4) is 0 Å². The van der Waals surface area contributed by atoms with Crippen LogP contribution in [0.5, 0.6) is 0 Å². The van der Waals surface area contributed by atoms with Crippen molar-refractivity contribution in [2.45, 2.75) is 52.7 Å². The zero-order valence-corrected chi connectivity index (χ0v) is 13.7. The smallest absolute Gasteiger partial charge is 0.410 e. The molecule has 0 aliphatic carbocycles. The van der Waals surface area contributed by atoms with Gasteiger partial charge in [-0.05, 0) is 34.6 Å². The monoisotopic (exact) mass is 313 g/mol. The topological polar surface area (TPSA) is 90.0 Å². The number of nitrogens with zero attached hydrogens (tertiary/aromatic N) is 1. The maximum Gasteiger partial charge on any atom is 0.410 e. The summed E-state index contributed by atoms with van der Waals surface area (Å²) in [7, 11) is 0. The van der Waals surface area contributed by atoms with Crippen LogP contribution in [0.2, 0.25) is 0 Å². The molecule has 1 heterocycles. The molecule has 22 heavy (non-hydrogen) atoms. The highest BCUT2D eigenvalue weighted by Gasteiger charge is 2.42. The van der Waals surface area contributed by atoms with Gasteiger partial charge in [-0.1, -0.05) is 0 Å². The summed E-state index contributed by atoms with van der Waals surface area (Å²) >= 11 is 0. The van der Waals surface area contributed by atoms with Crippen molar-refractivity contribution < 1.29 is 28.7 Å². The lowest BCUT2D eigenvalue weighted by atomic mass is 9.89. The first-order valence-corrected chi connectivity index (χ1v) is 7.30. The van der Waals surface area contributed by atoms with Crippen molar-refractivity contribution in [1.29, 1.82) is 0 Å². The Morgan fingerprint density at radius 3 is 2.36 bits per heavy atom. The van der Waals surface area contributed by atoms with Gasteiger partial charge in [0.2, 0.25) is 0 Å². The molecule has 0 saturated carbocycles. The number of Topliss-reactive ketones (excluding diaryl/α,β-unsaturated/α-hetero) is 2. The molecule has 1 rings (SSSR count). The van der Waals surface area contributed by atoms with Crippen LogP contribution < -0.4 is 0 Å². The fourth-order valence-corrected chi connectivity index (χ4v) is 2.17. The Kier molecular flexibility index (Phi) is 5.68. The largest absolute Gasteiger partial charge is 0.460 e. The number of carbonyl (C=O) groups excluding carboxylic acids is 4. The molecule has 7 nitrogen and oxygen atoms in total. The molecule has 2 atom stereocenters. The molecule has 0 aromatic heterocycles. The number of amides is 1. The number of esters is 1. The summed E-state index contributed by atoms with van der Waals surface area (Å²) in [4.78, 5) is 49.0. The van der Waals surface area contributed by atoms with E-state index in [2.05, 4.69) is 4.74 Å². The summed E-state index contributed by atoms with van der Waals surface area (Å²) in [6.07, 6.45) is -0.594. The predicted molar refractivity (Wildman–Crippen MR) is 77.2 cm³/mol. The van der Waals surface area contributed by atoms with E-state index in [1.54, 1.807) is 34.6 Å². The lowest BCUT2D eigenvalue weighted by Crippen LogP contribution is -2.53. The van der Waals surface area contributed by atoms with Gasteiger partial charge in [0.25, 0.3) is 5.78 Å². The lowest BCUT2D eigenvalue weighted by molar-refractivity contribution is -0.158. The van der Waals surface area contributed by atoms with Gasteiger partial charge in [-0.2, -0.15) is 0 Å². The molecule has 0 radical (unpaired) electrons. The van der Waals surface area contributed by atoms with Crippen LogP contribution in [0.15, 0.2) is 0 Å². The molecular weight excluding hydrogens is 290 g/mol. The van der Waals surface area contributed by atoms with Gasteiger partial charge in [-0.25, -0.2) is 9.59 Å². The first-order valence-electron chi connectivity index (χ1n) is 7.30. The summed E-state index contributed by atoms with van der Waals surface area (Å²) in [6.45, 7) is 8.35. The van der Waals surface area contributed by atoms with Crippen molar-refractivity contribution in [2.24, 2.45) is 5.92 Å². The number of piperidine rings is 1. The molecular formula is C15H23NO6. The average Bonchev–Trinajstić information content (AvgIpc) is 2.36. The van der Waals surface area contributed by atoms with Crippen molar-refractivity contribution in [3.63, 3.8) is 0 Å². The maximum atomic E-state index is 12.2. The number of likely N-dealkylation sites (tertiary alicyclic amines) is 1. The zero-order chi connectivity index (χ0) is 17.1. The Labute approximate surface area is 129 Å². The van der Waals surface area contributed by atoms with Gasteiger partial charge in [0.05, 0.1) is 6.61 Å². The van der Waals surface area contributed by atoms with Crippen LogP contribution >= 0.6 is 0 Å². The normalized spacial score (nSPS) is 22.2. The molecule has 1 aliphatic rings. The lowest BCUT2D eigenvalue weighted by Gasteiger charge is -2.37. The minimum absolute atomic E-state index is 0.00898. The van der Waals surface area contributed by atoms with Crippen LogP contribution in [0.1, 0.15) is 41.0 Å². The fourth-order valence-electron chi connectivity index (χ4n) is 2.17. The summed E-state index contributed by atoms with van der Waals surface area (Å²) in [5.74, 6) is -3.49. The van der Waals surface area contributed by atoms with Crippen molar-refractivity contribution >= 4 is 23.6 Å². The van der Waals surface area contributed by atoms with Gasteiger partial charge in [-0.15, -0.1) is 0 Å². The second-order valence-electron chi connectivity index (χ2n) is 6.29. The second-order valence-corrected chi connectivity index (χ2v) is 6.29. The molecule has 7 heteroatoms. The SMILES string of the molecule is CCOC(=O)C(=O)C1CN(C(=O)OC(C)(C)C)[C@@H](C)CC1=O. The highest BCUT2D eigenvalue weighted by atomic mass is 16.6. The van der Waals surface area contributed by atoms with Gasteiger partial charge >= 0.3 is 12.1 Å². The van der Waals surface area contributed by atoms with Crippen molar-refractivity contribution in [3.05, 3.63) is 0 Å². The van der Waals surface area contributed by atoms with E-state index >= 15 is 0 Å². The van der Waals surface area contributed by atoms with Crippen molar-refractivity contribution in [1.82, 2.24) is 4.90 Å². The summed E-state index contributed by atoms with van der Waals surface area (Å²) < 4.78 is 9.90. The van der Waals surface area contributed by atoms with Gasteiger partial charge < -0.3 is 14.4 Å². The molecule has 1 amide bonds. The quantitative estimate of drug-likeness (QED) is 0.443. The van der Waals surface area contributed by atoms with Crippen LogP contribution in [0.25, 0.3) is 0 Å². The molecule has 1 fully saturated rings. The molecule has 1 saturated heterocycles. The van der Waals surface area contributed by atoms with E-state index in [0.717, 1.165) is 0 Å². The van der Waals surface area contributed by atoms with E-state index in [1.165, 1.54) is 4.90 Å². The Morgan fingerprint density at radius 2 is 1.86 bits per heavy atom. The molecule has 1 unspecified atom stereocenters. The third-order valence-electron chi connectivity index (χ3n) is 3.22. The van der Waals surface area contributed by atoms with Crippen LogP contribution in [0.4, 0.5) is 4.79 Å². The van der Waals surface area contributed by atoms with E-state index in [4.69, 9.17) is 4.74 Å². The Morgan fingerprint density at radius 1 is 1.27 bits per heavy atom. The first kappa shape index (κ1) is 18.1. The van der Waals surface area contributed by atoms with E-state index in [1.807, 2.05) is 0 Å². The standard InChI is InChI=1S/C15H23NO6/c1-6-21-13(19)12(18)10-8-16(9(2)7-11(10)17)14(20)22-15(3,4)5/h9-10H,6-8H2,1-5H3/t9-,10?/m0/s1. The Balaban J connectivity index is 2.86. The number of carbonyl (C=O) groups is 4. The minimum Gasteiger partial charge on any atom is -0.460 e. The number of rotatable bonds is 3. The number of hydrogen-bond donors (Lipinski definition) is 0. The van der Waals surface area contributed by atoms with Crippen LogP contribution in [-0.2, 0) is 23.9 Å². The average molecular weight is 313 g/mol. The predicted octanol–water partition coefficient (Wildman–Crippen LogP) is 1.33. The highest BCUT2D eigenvalue weighted by Crippen LogP contribution is 2.22. The van der Waals surface area contributed by atoms with Crippen molar-refractivity contribution in [2.75, 3.05) is 13.2 Å². The van der Waals surface area contributed by atoms with Crippen LogP contribution in [-0.4, -0.2) is 53.3 Å². The van der Waals surface area contributed by atoms with E-state index in [0.29, 0.717) is 0 Å². The van der Waals surface area contributed by atoms with Crippen LogP contribution in [0.3, 0.4) is 0 Å². The summed E-state index contributed by atoms with van der Waals surface area (Å²) in [6, 6.07) is -0.381. The molecule has 1 aliphatic heterocycles. The summed E-state index contributed by atoms with van der Waals surface area (Å²) in [5.41, 5.74) is -0.682. The summed E-state index contributed by atoms with van der Waals surface area (Å²) in [5, 5.41) is 0. The van der Waals surface area contributed by atoms with E-state index in [9.17, 15) is 19.2 Å². The minimum atomic E-state index is -1.18. The Bertz CT molecular complexity index is 479. The third-order valence-corrected chi connectivity index (χ3v) is 3.22. The van der Waals surface area contributed by atoms with Gasteiger partial charge in [0, 0.05) is 19.0 Å². The zero-order valence-electron chi connectivity index (χ0n) is 13.7. The molecule has 0 aromatic carbocycles. The molecule has 0 aromatic rings. The third kappa shape index (κ3) is 4.54. The Hall–Kier alpha value is -1.92. The second kappa shape index (κ2) is 6.89. The molecule has 0 spiro atoms. The van der Waals surface area contributed by atoms with E-state index < -0.39 is 29.4 Å². The molecule has 124 valence electrons. The fraction of sp³-hybridized carbons (Fsp3) is 0.733. The van der Waals surface area contributed by atoms with Gasteiger partial charge in [0.1, 0.15) is 17.3 Å². The first-order chi connectivity index (χ1) is 10.1. The maximum absolute atomic E-state index is 12.2. The van der Waals surface area contributed by atoms with Gasteiger partial charge in [-0.3, -0.25) is 9.59 Å². The number of ketones is 2. The molecule has 0 bridgehead atoms. The number of ether oxygens (including phenoxy) is 2.